The van der Waals surface area contributed by atoms with Crippen LogP contribution in [0.25, 0.3) is 0 Å². The summed E-state index contributed by atoms with van der Waals surface area (Å²) in [5.74, 6) is -1.92. The third-order valence-corrected chi connectivity index (χ3v) is 3.39. The lowest BCUT2D eigenvalue weighted by atomic mass is 10.1. The van der Waals surface area contributed by atoms with Crippen LogP contribution in [-0.2, 0) is 19.6 Å². The van der Waals surface area contributed by atoms with Crippen LogP contribution in [0.3, 0.4) is 0 Å². The highest BCUT2D eigenvalue weighted by molar-refractivity contribution is 7.85. The Morgan fingerprint density at radius 3 is 1.74 bits per heavy atom. The molecule has 19 heavy (non-hydrogen) atoms. The molecule has 0 saturated carbocycles. The molecule has 0 fully saturated rings. The van der Waals surface area contributed by atoms with Crippen molar-refractivity contribution in [2.45, 2.75) is 4.90 Å². The zero-order valence-electron chi connectivity index (χ0n) is 9.84. The number of benzene rings is 1. The van der Waals surface area contributed by atoms with E-state index in [0.29, 0.717) is 0 Å². The van der Waals surface area contributed by atoms with Gasteiger partial charge in [0.1, 0.15) is 0 Å². The molecule has 0 bridgehead atoms. The van der Waals surface area contributed by atoms with Crippen molar-refractivity contribution in [3.05, 3.63) is 28.3 Å². The first kappa shape index (κ1) is 15.4. The monoisotopic (exact) mass is 308 g/mol. The first-order valence-electron chi connectivity index (χ1n) is 4.70. The van der Waals surface area contributed by atoms with Gasteiger partial charge in [0.15, 0.2) is 0 Å². The lowest BCUT2D eigenvalue weighted by molar-refractivity contribution is 0.0599. The Hall–Kier alpha value is -1.64. The molecule has 0 unspecified atom stereocenters. The molecule has 0 spiro atoms. The lowest BCUT2D eigenvalue weighted by Gasteiger charge is -2.09. The molecule has 104 valence electrons. The minimum absolute atomic E-state index is 0.328. The molecule has 1 aromatic rings. The van der Waals surface area contributed by atoms with Gasteiger partial charge in [0.2, 0.25) is 0 Å². The molecule has 0 saturated heterocycles. The van der Waals surface area contributed by atoms with E-state index >= 15 is 0 Å². The van der Waals surface area contributed by atoms with E-state index in [1.807, 2.05) is 0 Å². The summed E-state index contributed by atoms with van der Waals surface area (Å²) < 4.78 is 39.9. The molecular weight excluding hydrogens is 300 g/mol. The van der Waals surface area contributed by atoms with E-state index in [-0.39, 0.29) is 16.1 Å². The zero-order valence-corrected chi connectivity index (χ0v) is 11.4. The van der Waals surface area contributed by atoms with E-state index in [2.05, 4.69) is 9.47 Å². The van der Waals surface area contributed by atoms with Crippen LogP contribution in [0.2, 0.25) is 5.02 Å². The van der Waals surface area contributed by atoms with Crippen LogP contribution in [0.15, 0.2) is 17.0 Å². The van der Waals surface area contributed by atoms with Crippen molar-refractivity contribution >= 4 is 33.7 Å². The summed E-state index contributed by atoms with van der Waals surface area (Å²) in [5, 5.41) is -0.328. The second-order valence-corrected chi connectivity index (χ2v) is 5.09. The molecule has 7 nitrogen and oxygen atoms in total. The molecule has 0 heterocycles. The van der Waals surface area contributed by atoms with Gasteiger partial charge in [0, 0.05) is 0 Å². The van der Waals surface area contributed by atoms with Crippen molar-refractivity contribution in [1.29, 1.82) is 0 Å². The predicted molar refractivity (Wildman–Crippen MR) is 63.9 cm³/mol. The quantitative estimate of drug-likeness (QED) is 0.659. The summed E-state index contributed by atoms with van der Waals surface area (Å²) >= 11 is 5.80. The standard InChI is InChI=1S/C10H9ClO7S/c1-17-9(12)6-3-5(19(14,15)16)4-7(8(6)11)10(13)18-2/h3-4H,1-2H3,(H,14,15,16). The number of hydrogen-bond acceptors (Lipinski definition) is 6. The van der Waals surface area contributed by atoms with Gasteiger partial charge in [-0.3, -0.25) is 4.55 Å². The van der Waals surface area contributed by atoms with Crippen molar-refractivity contribution < 1.29 is 32.0 Å². The maximum Gasteiger partial charge on any atom is 0.339 e. The Labute approximate surface area is 113 Å². The van der Waals surface area contributed by atoms with Gasteiger partial charge in [-0.05, 0) is 12.1 Å². The smallest absolute Gasteiger partial charge is 0.339 e. The number of rotatable bonds is 3. The summed E-state index contributed by atoms with van der Waals surface area (Å²) in [7, 11) is -2.52. The van der Waals surface area contributed by atoms with E-state index in [0.717, 1.165) is 26.4 Å². The van der Waals surface area contributed by atoms with E-state index in [9.17, 15) is 18.0 Å². The van der Waals surface area contributed by atoms with Crippen LogP contribution in [0.4, 0.5) is 0 Å². The molecule has 1 rings (SSSR count). The van der Waals surface area contributed by atoms with E-state index < -0.39 is 27.0 Å². The number of carbonyl (C=O) groups excluding carboxylic acids is 2. The van der Waals surface area contributed by atoms with E-state index in [4.69, 9.17) is 16.2 Å². The molecule has 0 aliphatic rings. The third kappa shape index (κ3) is 3.22. The second kappa shape index (κ2) is 5.55. The SMILES string of the molecule is COC(=O)c1cc(S(=O)(=O)O)cc(C(=O)OC)c1Cl. The molecule has 0 aromatic heterocycles. The lowest BCUT2D eigenvalue weighted by Crippen LogP contribution is -2.11. The Balaban J connectivity index is 3.66. The number of ether oxygens (including phenoxy) is 2. The average molecular weight is 309 g/mol. The molecule has 0 atom stereocenters. The number of carbonyl (C=O) groups is 2. The molecular formula is C10H9ClO7S. The molecule has 1 aromatic carbocycles. The van der Waals surface area contributed by atoms with Crippen LogP contribution in [-0.4, -0.2) is 39.1 Å². The summed E-state index contributed by atoms with van der Waals surface area (Å²) in [5.41, 5.74) is -0.751. The van der Waals surface area contributed by atoms with Crippen LogP contribution in [0.5, 0.6) is 0 Å². The Kier molecular flexibility index (Phi) is 4.51. The maximum atomic E-state index is 11.4. The molecule has 9 heteroatoms. The highest BCUT2D eigenvalue weighted by Gasteiger charge is 2.24. The zero-order chi connectivity index (χ0) is 14.8. The molecule has 1 N–H and O–H groups in total. The van der Waals surface area contributed by atoms with Crippen molar-refractivity contribution in [3.63, 3.8) is 0 Å². The molecule has 0 amide bonds. The Morgan fingerprint density at radius 2 is 1.47 bits per heavy atom. The fourth-order valence-corrected chi connectivity index (χ4v) is 2.06. The Morgan fingerprint density at radius 1 is 1.11 bits per heavy atom. The minimum atomic E-state index is -4.62. The second-order valence-electron chi connectivity index (χ2n) is 3.29. The third-order valence-electron chi connectivity index (χ3n) is 2.15. The highest BCUT2D eigenvalue weighted by atomic mass is 35.5. The summed E-state index contributed by atoms with van der Waals surface area (Å²) in [6.07, 6.45) is 0. The summed E-state index contributed by atoms with van der Waals surface area (Å²) in [6.45, 7) is 0. The van der Waals surface area contributed by atoms with Crippen LogP contribution >= 0.6 is 11.6 Å². The van der Waals surface area contributed by atoms with Crippen LogP contribution in [0, 0.1) is 0 Å². The van der Waals surface area contributed by atoms with Gasteiger partial charge in [-0.2, -0.15) is 8.42 Å². The maximum absolute atomic E-state index is 11.4. The fraction of sp³-hybridized carbons (Fsp3) is 0.200. The van der Waals surface area contributed by atoms with E-state index in [1.165, 1.54) is 0 Å². The summed E-state index contributed by atoms with van der Waals surface area (Å²) in [6, 6.07) is 1.60. The summed E-state index contributed by atoms with van der Waals surface area (Å²) in [4.78, 5) is 22.2. The molecule has 0 aliphatic heterocycles. The Bertz CT molecular complexity index is 598. The largest absolute Gasteiger partial charge is 0.465 e. The van der Waals surface area contributed by atoms with Crippen molar-refractivity contribution in [1.82, 2.24) is 0 Å². The molecule has 0 aliphatic carbocycles. The number of esters is 2. The minimum Gasteiger partial charge on any atom is -0.465 e. The highest BCUT2D eigenvalue weighted by Crippen LogP contribution is 2.27. The normalized spacial score (nSPS) is 10.9. The topological polar surface area (TPSA) is 107 Å². The van der Waals surface area contributed by atoms with Crippen molar-refractivity contribution in [2.24, 2.45) is 0 Å². The van der Waals surface area contributed by atoms with Crippen molar-refractivity contribution in [3.8, 4) is 0 Å². The van der Waals surface area contributed by atoms with Gasteiger partial charge in [-0.15, -0.1) is 0 Å². The first-order chi connectivity index (χ1) is 8.72. The van der Waals surface area contributed by atoms with Gasteiger partial charge < -0.3 is 9.47 Å². The van der Waals surface area contributed by atoms with Crippen LogP contribution in [0.1, 0.15) is 20.7 Å². The predicted octanol–water partition coefficient (Wildman–Crippen LogP) is 1.16. The van der Waals surface area contributed by atoms with Gasteiger partial charge in [0.25, 0.3) is 10.1 Å². The molecule has 0 radical (unpaired) electrons. The first-order valence-corrected chi connectivity index (χ1v) is 6.51. The van der Waals surface area contributed by atoms with Gasteiger partial charge >= 0.3 is 11.9 Å². The van der Waals surface area contributed by atoms with Gasteiger partial charge in [-0.1, -0.05) is 11.6 Å². The fourth-order valence-electron chi connectivity index (χ4n) is 1.26. The van der Waals surface area contributed by atoms with Crippen LogP contribution < -0.4 is 0 Å². The number of hydrogen-bond donors (Lipinski definition) is 1. The average Bonchev–Trinajstić information content (AvgIpc) is 2.35. The van der Waals surface area contributed by atoms with Gasteiger partial charge in [0.05, 0.1) is 35.3 Å². The van der Waals surface area contributed by atoms with Gasteiger partial charge in [-0.25, -0.2) is 9.59 Å². The number of methoxy groups -OCH3 is 2. The van der Waals surface area contributed by atoms with E-state index in [1.54, 1.807) is 0 Å². The van der Waals surface area contributed by atoms with Crippen molar-refractivity contribution in [2.75, 3.05) is 14.2 Å². The number of halogens is 1.